The SMILES string of the molecule is O=C(On1c(O)ccc1O)c1cc(O)ccc1O. The number of phenols is 2. The summed E-state index contributed by atoms with van der Waals surface area (Å²) in [6.07, 6.45) is 0. The number of benzene rings is 1. The molecule has 0 amide bonds. The lowest BCUT2D eigenvalue weighted by molar-refractivity contribution is 0.0378. The predicted octanol–water partition coefficient (Wildman–Crippen LogP) is 0.579. The van der Waals surface area contributed by atoms with Crippen molar-refractivity contribution in [2.45, 2.75) is 0 Å². The minimum absolute atomic E-state index is 0.235. The standard InChI is InChI=1S/C11H9NO6/c13-6-1-2-8(14)7(5-6)11(17)18-12-9(15)3-4-10(12)16/h1-5,13-16H. The number of nitrogens with zero attached hydrogens (tertiary/aromatic N) is 1. The molecule has 0 aliphatic carbocycles. The molecule has 0 unspecified atom stereocenters. The highest BCUT2D eigenvalue weighted by Crippen LogP contribution is 2.24. The Labute approximate surface area is 101 Å². The number of hydrogen-bond donors (Lipinski definition) is 4. The van der Waals surface area contributed by atoms with Crippen LogP contribution in [0.25, 0.3) is 0 Å². The van der Waals surface area contributed by atoms with Crippen LogP contribution in [0.4, 0.5) is 0 Å². The van der Waals surface area contributed by atoms with E-state index in [0.29, 0.717) is 4.73 Å². The van der Waals surface area contributed by atoms with Crippen LogP contribution in [-0.4, -0.2) is 31.1 Å². The molecular weight excluding hydrogens is 242 g/mol. The van der Waals surface area contributed by atoms with Crippen LogP contribution in [0.2, 0.25) is 0 Å². The largest absolute Gasteiger partial charge is 0.508 e. The van der Waals surface area contributed by atoms with Gasteiger partial charge < -0.3 is 25.3 Å². The number of carbonyl (C=O) groups is 1. The maximum atomic E-state index is 11.7. The second-order valence-corrected chi connectivity index (χ2v) is 3.42. The fourth-order valence-electron chi connectivity index (χ4n) is 1.31. The molecule has 4 N–H and O–H groups in total. The van der Waals surface area contributed by atoms with Crippen molar-refractivity contribution in [3.8, 4) is 23.3 Å². The van der Waals surface area contributed by atoms with Crippen LogP contribution in [0.3, 0.4) is 0 Å². The van der Waals surface area contributed by atoms with Gasteiger partial charge in [0, 0.05) is 12.1 Å². The quantitative estimate of drug-likeness (QED) is 0.581. The third-order valence-corrected chi connectivity index (χ3v) is 2.17. The van der Waals surface area contributed by atoms with Crippen LogP contribution in [0.1, 0.15) is 10.4 Å². The summed E-state index contributed by atoms with van der Waals surface area (Å²) in [4.78, 5) is 16.3. The smallest absolute Gasteiger partial charge is 0.367 e. The van der Waals surface area contributed by atoms with E-state index in [9.17, 15) is 25.2 Å². The fraction of sp³-hybridized carbons (Fsp3) is 0. The molecule has 0 saturated carbocycles. The third kappa shape index (κ3) is 2.01. The molecule has 0 saturated heterocycles. The summed E-state index contributed by atoms with van der Waals surface area (Å²) in [6, 6.07) is 5.53. The first-order valence-electron chi connectivity index (χ1n) is 4.83. The second-order valence-electron chi connectivity index (χ2n) is 3.42. The van der Waals surface area contributed by atoms with Gasteiger partial charge in [0.2, 0.25) is 11.8 Å². The average Bonchev–Trinajstić information content (AvgIpc) is 2.64. The molecule has 18 heavy (non-hydrogen) atoms. The molecule has 0 bridgehead atoms. The summed E-state index contributed by atoms with van der Waals surface area (Å²) in [5.74, 6) is -2.66. The Kier molecular flexibility index (Phi) is 2.72. The summed E-state index contributed by atoms with van der Waals surface area (Å²) >= 11 is 0. The van der Waals surface area contributed by atoms with Gasteiger partial charge in [-0.2, -0.15) is 0 Å². The van der Waals surface area contributed by atoms with Gasteiger partial charge in [0.25, 0.3) is 0 Å². The first-order valence-corrected chi connectivity index (χ1v) is 4.83. The van der Waals surface area contributed by atoms with E-state index in [4.69, 9.17) is 0 Å². The minimum atomic E-state index is -1.05. The fourth-order valence-corrected chi connectivity index (χ4v) is 1.31. The van der Waals surface area contributed by atoms with E-state index in [1.54, 1.807) is 0 Å². The first kappa shape index (κ1) is 11.6. The van der Waals surface area contributed by atoms with Crippen LogP contribution >= 0.6 is 0 Å². The summed E-state index contributed by atoms with van der Waals surface area (Å²) < 4.78 is 0.478. The Balaban J connectivity index is 2.30. The van der Waals surface area contributed by atoms with Gasteiger partial charge in [0.15, 0.2) is 0 Å². The van der Waals surface area contributed by atoms with Crippen LogP contribution in [0.5, 0.6) is 23.3 Å². The maximum Gasteiger partial charge on any atom is 0.367 e. The lowest BCUT2D eigenvalue weighted by Gasteiger charge is -2.08. The summed E-state index contributed by atoms with van der Waals surface area (Å²) in [5, 5.41) is 37.2. The van der Waals surface area contributed by atoms with E-state index < -0.39 is 23.5 Å². The molecular formula is C11H9NO6. The van der Waals surface area contributed by atoms with Gasteiger partial charge in [-0.25, -0.2) is 4.79 Å². The zero-order chi connectivity index (χ0) is 13.3. The topological polar surface area (TPSA) is 112 Å². The van der Waals surface area contributed by atoms with Crippen molar-refractivity contribution in [2.75, 3.05) is 0 Å². The van der Waals surface area contributed by atoms with Gasteiger partial charge >= 0.3 is 5.97 Å². The molecule has 0 fully saturated rings. The summed E-state index contributed by atoms with van der Waals surface area (Å²) in [6.45, 7) is 0. The minimum Gasteiger partial charge on any atom is -0.508 e. The van der Waals surface area contributed by atoms with E-state index in [2.05, 4.69) is 4.84 Å². The predicted molar refractivity (Wildman–Crippen MR) is 58.4 cm³/mol. The highest BCUT2D eigenvalue weighted by atomic mass is 16.7. The molecule has 0 spiro atoms. The van der Waals surface area contributed by atoms with Crippen molar-refractivity contribution in [1.29, 1.82) is 0 Å². The number of aromatic hydroxyl groups is 4. The van der Waals surface area contributed by atoms with Crippen LogP contribution in [0, 0.1) is 0 Å². The Bertz CT molecular complexity index is 584. The van der Waals surface area contributed by atoms with Crippen molar-refractivity contribution in [1.82, 2.24) is 4.73 Å². The Morgan fingerprint density at radius 1 is 1.00 bits per heavy atom. The average molecular weight is 251 g/mol. The van der Waals surface area contributed by atoms with E-state index >= 15 is 0 Å². The van der Waals surface area contributed by atoms with Crippen molar-refractivity contribution < 1.29 is 30.1 Å². The molecule has 2 rings (SSSR count). The summed E-state index contributed by atoms with van der Waals surface area (Å²) in [5.41, 5.74) is -0.303. The Hall–Kier alpha value is -2.83. The number of phenolic OH excluding ortho intramolecular Hbond substituents is 2. The molecule has 1 aromatic carbocycles. The van der Waals surface area contributed by atoms with Gasteiger partial charge in [0.05, 0.1) is 0 Å². The zero-order valence-electron chi connectivity index (χ0n) is 8.94. The van der Waals surface area contributed by atoms with Crippen LogP contribution in [0.15, 0.2) is 30.3 Å². The molecule has 2 aromatic rings. The van der Waals surface area contributed by atoms with Crippen LogP contribution in [-0.2, 0) is 0 Å². The van der Waals surface area contributed by atoms with Gasteiger partial charge in [-0.3, -0.25) is 0 Å². The monoisotopic (exact) mass is 251 g/mol. The van der Waals surface area contributed by atoms with Crippen LogP contribution < -0.4 is 4.84 Å². The molecule has 0 aliphatic rings. The zero-order valence-corrected chi connectivity index (χ0v) is 8.94. The molecule has 7 heteroatoms. The number of carbonyl (C=O) groups excluding carboxylic acids is 1. The van der Waals surface area contributed by atoms with Gasteiger partial charge in [-0.05, 0) is 18.2 Å². The van der Waals surface area contributed by atoms with Crippen molar-refractivity contribution >= 4 is 5.97 Å². The normalized spacial score (nSPS) is 10.2. The molecule has 94 valence electrons. The first-order chi connectivity index (χ1) is 8.49. The molecule has 0 atom stereocenters. The van der Waals surface area contributed by atoms with Gasteiger partial charge in [0.1, 0.15) is 17.1 Å². The molecule has 1 heterocycles. The number of hydrogen-bond acceptors (Lipinski definition) is 6. The molecule has 1 aromatic heterocycles. The highest BCUT2D eigenvalue weighted by molar-refractivity contribution is 5.93. The lowest BCUT2D eigenvalue weighted by Crippen LogP contribution is -2.19. The molecule has 7 nitrogen and oxygen atoms in total. The van der Waals surface area contributed by atoms with E-state index in [0.717, 1.165) is 24.3 Å². The molecule has 0 aliphatic heterocycles. The lowest BCUT2D eigenvalue weighted by atomic mass is 10.2. The number of rotatable bonds is 2. The van der Waals surface area contributed by atoms with E-state index in [1.165, 1.54) is 6.07 Å². The van der Waals surface area contributed by atoms with Gasteiger partial charge in [-0.15, -0.1) is 4.73 Å². The van der Waals surface area contributed by atoms with Crippen molar-refractivity contribution in [2.24, 2.45) is 0 Å². The molecule has 0 radical (unpaired) electrons. The van der Waals surface area contributed by atoms with Gasteiger partial charge in [-0.1, -0.05) is 0 Å². The van der Waals surface area contributed by atoms with Crippen molar-refractivity contribution in [3.63, 3.8) is 0 Å². The van der Waals surface area contributed by atoms with Crippen molar-refractivity contribution in [3.05, 3.63) is 35.9 Å². The Morgan fingerprint density at radius 2 is 1.61 bits per heavy atom. The number of aromatic nitrogens is 1. The van der Waals surface area contributed by atoms with E-state index in [-0.39, 0.29) is 11.3 Å². The third-order valence-electron chi connectivity index (χ3n) is 2.17. The highest BCUT2D eigenvalue weighted by Gasteiger charge is 2.17. The van der Waals surface area contributed by atoms with E-state index in [1.807, 2.05) is 0 Å². The maximum absolute atomic E-state index is 11.7. The summed E-state index contributed by atoms with van der Waals surface area (Å²) in [7, 11) is 0. The second kappa shape index (κ2) is 4.21. The Morgan fingerprint density at radius 3 is 2.22 bits per heavy atom.